The molecule has 34 heavy (non-hydrogen) atoms. The van der Waals surface area contributed by atoms with Crippen molar-refractivity contribution >= 4 is 69.1 Å². The van der Waals surface area contributed by atoms with Crippen molar-refractivity contribution < 1.29 is 9.53 Å². The minimum Gasteiger partial charge on any atom is -0.496 e. The van der Waals surface area contributed by atoms with E-state index in [1.165, 1.54) is 17.3 Å². The molecule has 0 bridgehead atoms. The first kappa shape index (κ1) is 24.7. The van der Waals surface area contributed by atoms with Crippen LogP contribution < -0.4 is 15.0 Å². The van der Waals surface area contributed by atoms with Crippen molar-refractivity contribution in [3.8, 4) is 5.75 Å². The lowest BCUT2D eigenvalue weighted by Gasteiger charge is -2.43. The highest BCUT2D eigenvalue weighted by atomic mass is 35.5. The fourth-order valence-corrected chi connectivity index (χ4v) is 5.46. The number of hydrogen-bond acceptors (Lipinski definition) is 5. The van der Waals surface area contributed by atoms with Gasteiger partial charge in [-0.2, -0.15) is 0 Å². The van der Waals surface area contributed by atoms with Crippen molar-refractivity contribution in [1.29, 1.82) is 0 Å². The number of carbonyl (C=O) groups excluding carboxylic acids is 1. The number of carbonyl (C=O) groups is 1. The summed E-state index contributed by atoms with van der Waals surface area (Å²) in [5.74, 6) is 0.519. The number of benzene rings is 2. The predicted molar refractivity (Wildman–Crippen MR) is 146 cm³/mol. The van der Waals surface area contributed by atoms with Gasteiger partial charge in [0.1, 0.15) is 5.75 Å². The smallest absolute Gasteiger partial charge is 0.264 e. The Labute approximate surface area is 214 Å². The molecule has 0 unspecified atom stereocenters. The van der Waals surface area contributed by atoms with Gasteiger partial charge in [-0.15, -0.1) is 0 Å². The van der Waals surface area contributed by atoms with E-state index in [9.17, 15) is 4.79 Å². The van der Waals surface area contributed by atoms with Gasteiger partial charge in [0.05, 0.1) is 33.3 Å². The Bertz CT molecular complexity index is 1250. The van der Waals surface area contributed by atoms with Gasteiger partial charge in [0, 0.05) is 29.4 Å². The third kappa shape index (κ3) is 4.85. The number of hydrogen-bond donors (Lipinski definition) is 1. The summed E-state index contributed by atoms with van der Waals surface area (Å²) in [5, 5.41) is 4.17. The number of ether oxygens (including phenoxy) is 1. The van der Waals surface area contributed by atoms with Crippen molar-refractivity contribution in [2.24, 2.45) is 4.99 Å². The predicted octanol–water partition coefficient (Wildman–Crippen LogP) is 7.31. The van der Waals surface area contributed by atoms with E-state index in [1.54, 1.807) is 25.3 Å². The number of anilines is 1. The Hall–Kier alpha value is -2.41. The molecule has 5 nitrogen and oxygen atoms in total. The molecule has 1 N–H and O–H groups in total. The molecule has 1 saturated heterocycles. The molecule has 0 atom stereocenters. The standard InChI is InChI=1S/C26H27Cl2N3O2S/c1-6-9-31-21-13-22(33-5)16(10-18(21)15(2)14-26(31,3)4)11-23-24(32)30-25(34-23)29-17-7-8-19(27)20(28)12-17/h7-8,10-14H,6,9H2,1-5H3,(H,29,30,32)/b23-11+. The maximum Gasteiger partial charge on any atom is 0.264 e. The first-order valence-electron chi connectivity index (χ1n) is 11.1. The van der Waals surface area contributed by atoms with E-state index in [2.05, 4.69) is 61.1 Å². The second kappa shape index (κ2) is 9.68. The van der Waals surface area contributed by atoms with E-state index >= 15 is 0 Å². The van der Waals surface area contributed by atoms with Crippen molar-refractivity contribution in [3.05, 3.63) is 62.5 Å². The lowest BCUT2D eigenvalue weighted by atomic mass is 9.87. The molecule has 8 heteroatoms. The van der Waals surface area contributed by atoms with Crippen LogP contribution in [0.3, 0.4) is 0 Å². The van der Waals surface area contributed by atoms with Crippen LogP contribution in [0.1, 0.15) is 45.2 Å². The van der Waals surface area contributed by atoms with Gasteiger partial charge in [-0.05, 0) is 74.9 Å². The van der Waals surface area contributed by atoms with E-state index < -0.39 is 0 Å². The van der Waals surface area contributed by atoms with Crippen LogP contribution in [-0.4, -0.2) is 30.3 Å². The number of fused-ring (bicyclic) bond motifs is 1. The van der Waals surface area contributed by atoms with E-state index in [0.29, 0.717) is 25.8 Å². The Morgan fingerprint density at radius 3 is 2.65 bits per heavy atom. The van der Waals surface area contributed by atoms with Gasteiger partial charge >= 0.3 is 0 Å². The molecule has 2 heterocycles. The summed E-state index contributed by atoms with van der Waals surface area (Å²) in [4.78, 5) is 20.1. The van der Waals surface area contributed by atoms with Gasteiger partial charge in [0.15, 0.2) is 5.17 Å². The number of nitrogens with zero attached hydrogens (tertiary/aromatic N) is 2. The Morgan fingerprint density at radius 2 is 1.97 bits per heavy atom. The number of nitrogens with one attached hydrogen (secondary N) is 1. The summed E-state index contributed by atoms with van der Waals surface area (Å²) in [6.07, 6.45) is 5.20. The van der Waals surface area contributed by atoms with E-state index in [0.717, 1.165) is 35.5 Å². The molecule has 0 aromatic heterocycles. The highest BCUT2D eigenvalue weighted by Gasteiger charge is 2.32. The fraction of sp³-hybridized carbons (Fsp3) is 0.308. The lowest BCUT2D eigenvalue weighted by Crippen LogP contribution is -2.45. The number of aliphatic imine (C=N–C) groups is 1. The zero-order valence-corrected chi connectivity index (χ0v) is 22.2. The maximum atomic E-state index is 12.7. The summed E-state index contributed by atoms with van der Waals surface area (Å²) in [7, 11) is 1.66. The average Bonchev–Trinajstić information content (AvgIpc) is 3.11. The highest BCUT2D eigenvalue weighted by Crippen LogP contribution is 2.43. The van der Waals surface area contributed by atoms with Crippen LogP contribution >= 0.6 is 35.0 Å². The molecule has 2 aliphatic heterocycles. The van der Waals surface area contributed by atoms with Crippen molar-refractivity contribution in [1.82, 2.24) is 5.32 Å². The van der Waals surface area contributed by atoms with E-state index in [4.69, 9.17) is 27.9 Å². The van der Waals surface area contributed by atoms with Crippen LogP contribution in [0.5, 0.6) is 5.75 Å². The zero-order valence-electron chi connectivity index (χ0n) is 19.8. The molecule has 0 spiro atoms. The molecular weight excluding hydrogens is 489 g/mol. The first-order chi connectivity index (χ1) is 16.1. The lowest BCUT2D eigenvalue weighted by molar-refractivity contribution is -0.115. The largest absolute Gasteiger partial charge is 0.496 e. The quantitative estimate of drug-likeness (QED) is 0.424. The topological polar surface area (TPSA) is 53.9 Å². The van der Waals surface area contributed by atoms with Crippen LogP contribution in [0.25, 0.3) is 11.6 Å². The van der Waals surface area contributed by atoms with Gasteiger partial charge in [-0.1, -0.05) is 36.2 Å². The molecule has 4 rings (SSSR count). The van der Waals surface area contributed by atoms with Gasteiger partial charge in [0.25, 0.3) is 5.91 Å². The van der Waals surface area contributed by atoms with Gasteiger partial charge in [0.2, 0.25) is 0 Å². The number of rotatable bonds is 5. The van der Waals surface area contributed by atoms with Crippen LogP contribution in [0.4, 0.5) is 11.4 Å². The SMILES string of the molecule is CCCN1c2cc(OC)c(/C=C3/SC(=Nc4ccc(Cl)c(Cl)c4)NC3=O)cc2C(C)=CC1(C)C. The minimum absolute atomic E-state index is 0.0881. The van der Waals surface area contributed by atoms with Crippen LogP contribution in [-0.2, 0) is 4.79 Å². The minimum atomic E-state index is -0.204. The zero-order chi connectivity index (χ0) is 24.6. The molecule has 0 radical (unpaired) electrons. The van der Waals surface area contributed by atoms with Gasteiger partial charge in [-0.25, -0.2) is 4.99 Å². The van der Waals surface area contributed by atoms with Gasteiger partial charge in [-0.3, -0.25) is 4.79 Å². The average molecular weight is 516 g/mol. The molecule has 2 aromatic carbocycles. The second-order valence-electron chi connectivity index (χ2n) is 8.82. The van der Waals surface area contributed by atoms with E-state index in [-0.39, 0.29) is 11.4 Å². The Kier molecular flexibility index (Phi) is 7.04. The number of amides is 1. The van der Waals surface area contributed by atoms with Crippen LogP contribution in [0.2, 0.25) is 10.0 Å². The summed E-state index contributed by atoms with van der Waals surface area (Å²) in [6.45, 7) is 9.72. The Morgan fingerprint density at radius 1 is 1.21 bits per heavy atom. The molecule has 178 valence electrons. The summed E-state index contributed by atoms with van der Waals surface area (Å²) in [6, 6.07) is 9.28. The van der Waals surface area contributed by atoms with E-state index in [1.807, 2.05) is 6.08 Å². The van der Waals surface area contributed by atoms with Crippen molar-refractivity contribution in [3.63, 3.8) is 0 Å². The number of allylic oxidation sites excluding steroid dienone is 1. The summed E-state index contributed by atoms with van der Waals surface area (Å²) in [5.41, 5.74) is 4.88. The Balaban J connectivity index is 1.70. The third-order valence-electron chi connectivity index (χ3n) is 5.85. The normalized spacial score (nSPS) is 19.3. The molecule has 0 aliphatic carbocycles. The number of methoxy groups -OCH3 is 1. The van der Waals surface area contributed by atoms with Crippen LogP contribution in [0.15, 0.2) is 46.3 Å². The maximum absolute atomic E-state index is 12.7. The van der Waals surface area contributed by atoms with Crippen molar-refractivity contribution in [2.75, 3.05) is 18.6 Å². The highest BCUT2D eigenvalue weighted by molar-refractivity contribution is 8.18. The van der Waals surface area contributed by atoms with Gasteiger partial charge < -0.3 is 15.0 Å². The van der Waals surface area contributed by atoms with Crippen molar-refractivity contribution in [2.45, 2.75) is 39.7 Å². The number of amidine groups is 1. The first-order valence-corrected chi connectivity index (χ1v) is 12.6. The molecular formula is C26H27Cl2N3O2S. The third-order valence-corrected chi connectivity index (χ3v) is 7.50. The summed E-state index contributed by atoms with van der Waals surface area (Å²) >= 11 is 13.3. The van der Waals surface area contributed by atoms with Crippen LogP contribution in [0, 0.1) is 0 Å². The summed E-state index contributed by atoms with van der Waals surface area (Å²) < 4.78 is 5.74. The number of thioether (sulfide) groups is 1. The molecule has 0 saturated carbocycles. The number of halogens is 2. The molecule has 1 amide bonds. The fourth-order valence-electron chi connectivity index (χ4n) is 4.34. The second-order valence-corrected chi connectivity index (χ2v) is 10.7. The monoisotopic (exact) mass is 515 g/mol. The molecule has 1 fully saturated rings. The molecule has 2 aliphatic rings. The molecule has 2 aromatic rings.